The maximum atomic E-state index is 5.23. The number of hydrogen-bond acceptors (Lipinski definition) is 1. The number of H-pyrrole nitrogens is 1. The summed E-state index contributed by atoms with van der Waals surface area (Å²) in [4.78, 5) is 0. The molecule has 0 fully saturated rings. The predicted molar refractivity (Wildman–Crippen MR) is 60.4 cm³/mol. The number of hydrogen-bond donors (Lipinski definition) is 1. The predicted octanol–water partition coefficient (Wildman–Crippen LogP) is 3.15. The van der Waals surface area contributed by atoms with Crippen LogP contribution in [-0.2, 0) is 0 Å². The normalized spacial score (nSPS) is 10.4. The molecule has 0 aliphatic rings. The van der Waals surface area contributed by atoms with Crippen molar-refractivity contribution in [3.8, 4) is 5.69 Å². The van der Waals surface area contributed by atoms with Crippen LogP contribution in [0.4, 0.5) is 0 Å². The zero-order valence-corrected chi connectivity index (χ0v) is 9.06. The molecular weight excluding hydrogens is 192 g/mol. The van der Waals surface area contributed by atoms with Gasteiger partial charge in [-0.05, 0) is 37.6 Å². The summed E-state index contributed by atoms with van der Waals surface area (Å²) in [5.74, 6) is 0. The molecule has 1 aromatic carbocycles. The van der Waals surface area contributed by atoms with E-state index in [0.29, 0.717) is 0 Å². The number of aromatic nitrogens is 2. The molecule has 2 rings (SSSR count). The van der Waals surface area contributed by atoms with Crippen LogP contribution >= 0.6 is 12.2 Å². The van der Waals surface area contributed by atoms with E-state index in [0.717, 1.165) is 16.0 Å². The summed E-state index contributed by atoms with van der Waals surface area (Å²) in [6, 6.07) is 10.2. The van der Waals surface area contributed by atoms with E-state index in [1.807, 2.05) is 29.8 Å². The lowest BCUT2D eigenvalue weighted by atomic mass is 10.2. The average Bonchev–Trinajstić information content (AvgIpc) is 2.45. The van der Waals surface area contributed by atoms with Gasteiger partial charge in [0.25, 0.3) is 0 Å². The summed E-state index contributed by atoms with van der Waals surface area (Å²) >= 11 is 5.23. The summed E-state index contributed by atoms with van der Waals surface area (Å²) in [5, 5.41) is 3.20. The van der Waals surface area contributed by atoms with Crippen LogP contribution in [-0.4, -0.2) is 9.78 Å². The van der Waals surface area contributed by atoms with Gasteiger partial charge in [0.05, 0.1) is 5.69 Å². The van der Waals surface area contributed by atoms with Crippen molar-refractivity contribution in [3.63, 3.8) is 0 Å². The molecule has 3 heteroatoms. The number of aromatic amines is 1. The third-order valence-corrected chi connectivity index (χ3v) is 2.41. The second-order valence-electron chi connectivity index (χ2n) is 3.45. The van der Waals surface area contributed by atoms with Gasteiger partial charge in [-0.15, -0.1) is 0 Å². The molecule has 0 bridgehead atoms. The summed E-state index contributed by atoms with van der Waals surface area (Å²) < 4.78 is 2.73. The Hall–Kier alpha value is -1.35. The summed E-state index contributed by atoms with van der Waals surface area (Å²) in [7, 11) is 0. The lowest BCUT2D eigenvalue weighted by Gasteiger charge is -2.03. The largest absolute Gasteiger partial charge is 0.297 e. The molecule has 14 heavy (non-hydrogen) atoms. The highest BCUT2D eigenvalue weighted by Gasteiger charge is 1.99. The van der Waals surface area contributed by atoms with Crippen LogP contribution in [0.2, 0.25) is 0 Å². The molecule has 72 valence electrons. The molecule has 0 spiro atoms. The van der Waals surface area contributed by atoms with E-state index < -0.39 is 0 Å². The number of nitrogens with one attached hydrogen (secondary N) is 1. The number of nitrogens with zero attached hydrogens (tertiary/aromatic N) is 1. The Kier molecular flexibility index (Phi) is 2.25. The molecule has 0 saturated carbocycles. The van der Waals surface area contributed by atoms with Crippen LogP contribution in [0.5, 0.6) is 0 Å². The van der Waals surface area contributed by atoms with Crippen LogP contribution < -0.4 is 0 Å². The van der Waals surface area contributed by atoms with E-state index in [4.69, 9.17) is 12.2 Å². The second-order valence-corrected chi connectivity index (χ2v) is 3.87. The molecule has 1 aromatic heterocycles. The first-order valence-electron chi connectivity index (χ1n) is 4.52. The number of rotatable bonds is 1. The van der Waals surface area contributed by atoms with E-state index >= 15 is 0 Å². The van der Waals surface area contributed by atoms with Gasteiger partial charge in [-0.25, -0.2) is 4.68 Å². The first-order valence-corrected chi connectivity index (χ1v) is 4.93. The van der Waals surface area contributed by atoms with Crippen molar-refractivity contribution in [3.05, 3.63) is 46.2 Å². The van der Waals surface area contributed by atoms with E-state index in [2.05, 4.69) is 24.2 Å². The van der Waals surface area contributed by atoms with Crippen molar-refractivity contribution in [2.45, 2.75) is 13.8 Å². The molecule has 0 atom stereocenters. The average molecular weight is 204 g/mol. The quantitative estimate of drug-likeness (QED) is 0.708. The highest BCUT2D eigenvalue weighted by Crippen LogP contribution is 2.10. The molecule has 0 radical (unpaired) electrons. The molecule has 0 unspecified atom stereocenters. The minimum atomic E-state index is 0.813. The third-order valence-electron chi connectivity index (χ3n) is 2.11. The topological polar surface area (TPSA) is 20.7 Å². The van der Waals surface area contributed by atoms with Gasteiger partial charge in [0.1, 0.15) is 4.64 Å². The van der Waals surface area contributed by atoms with E-state index in [1.165, 1.54) is 5.56 Å². The number of aryl methyl sites for hydroxylation is 2. The van der Waals surface area contributed by atoms with Crippen molar-refractivity contribution in [2.24, 2.45) is 0 Å². The van der Waals surface area contributed by atoms with Gasteiger partial charge in [0.2, 0.25) is 0 Å². The monoisotopic (exact) mass is 204 g/mol. The summed E-state index contributed by atoms with van der Waals surface area (Å²) in [5.41, 5.74) is 3.40. The summed E-state index contributed by atoms with van der Waals surface area (Å²) in [6.45, 7) is 4.07. The molecular formula is C11H12N2S. The molecule has 2 aromatic rings. The standard InChI is InChI=1S/C11H12N2S/c1-8-4-3-5-10(6-8)13-11(14)7-9(2)12-13/h3-7,12H,1-2H3. The van der Waals surface area contributed by atoms with Crippen LogP contribution in [0.25, 0.3) is 5.69 Å². The highest BCUT2D eigenvalue weighted by atomic mass is 32.1. The Bertz CT molecular complexity index is 508. The fraction of sp³-hybridized carbons (Fsp3) is 0.182. The van der Waals surface area contributed by atoms with Gasteiger partial charge in [0, 0.05) is 5.69 Å². The Labute approximate surface area is 88.2 Å². The second kappa shape index (κ2) is 3.42. The van der Waals surface area contributed by atoms with Gasteiger partial charge < -0.3 is 0 Å². The fourth-order valence-electron chi connectivity index (χ4n) is 1.47. The Morgan fingerprint density at radius 3 is 2.57 bits per heavy atom. The lowest BCUT2D eigenvalue weighted by molar-refractivity contribution is 0.851. The van der Waals surface area contributed by atoms with Gasteiger partial charge in [-0.1, -0.05) is 24.4 Å². The van der Waals surface area contributed by atoms with Crippen molar-refractivity contribution in [2.75, 3.05) is 0 Å². The lowest BCUT2D eigenvalue weighted by Crippen LogP contribution is -1.96. The number of benzene rings is 1. The van der Waals surface area contributed by atoms with Crippen LogP contribution in [0.1, 0.15) is 11.3 Å². The fourth-order valence-corrected chi connectivity index (χ4v) is 1.80. The van der Waals surface area contributed by atoms with Crippen LogP contribution in [0.15, 0.2) is 30.3 Å². The smallest absolute Gasteiger partial charge is 0.127 e. The zero-order chi connectivity index (χ0) is 10.1. The van der Waals surface area contributed by atoms with E-state index in [-0.39, 0.29) is 0 Å². The molecule has 2 nitrogen and oxygen atoms in total. The van der Waals surface area contributed by atoms with Crippen molar-refractivity contribution >= 4 is 12.2 Å². The SMILES string of the molecule is Cc1cccc(-n2[nH]c(C)cc2=S)c1. The first kappa shape index (κ1) is 9.21. The maximum Gasteiger partial charge on any atom is 0.127 e. The van der Waals surface area contributed by atoms with Gasteiger partial charge in [-0.3, -0.25) is 5.10 Å². The Morgan fingerprint density at radius 1 is 1.21 bits per heavy atom. The third kappa shape index (κ3) is 1.63. The molecule has 1 heterocycles. The zero-order valence-electron chi connectivity index (χ0n) is 8.24. The van der Waals surface area contributed by atoms with Crippen LogP contribution in [0, 0.1) is 18.5 Å². The molecule has 0 saturated heterocycles. The van der Waals surface area contributed by atoms with Crippen molar-refractivity contribution < 1.29 is 0 Å². The molecule has 1 N–H and O–H groups in total. The van der Waals surface area contributed by atoms with Crippen molar-refractivity contribution in [1.82, 2.24) is 9.78 Å². The molecule has 0 aliphatic carbocycles. The molecule has 0 aliphatic heterocycles. The van der Waals surface area contributed by atoms with E-state index in [1.54, 1.807) is 0 Å². The Morgan fingerprint density at radius 2 is 2.00 bits per heavy atom. The van der Waals surface area contributed by atoms with Gasteiger partial charge in [-0.2, -0.15) is 0 Å². The van der Waals surface area contributed by atoms with Crippen molar-refractivity contribution in [1.29, 1.82) is 0 Å². The Balaban J connectivity index is 2.60. The summed E-state index contributed by atoms with van der Waals surface area (Å²) in [6.07, 6.45) is 0. The minimum absolute atomic E-state index is 0.813. The van der Waals surface area contributed by atoms with Gasteiger partial charge in [0.15, 0.2) is 0 Å². The maximum absolute atomic E-state index is 5.23. The first-order chi connectivity index (χ1) is 6.66. The van der Waals surface area contributed by atoms with Crippen LogP contribution in [0.3, 0.4) is 0 Å². The molecule has 0 amide bonds. The minimum Gasteiger partial charge on any atom is -0.297 e. The van der Waals surface area contributed by atoms with E-state index in [9.17, 15) is 0 Å². The van der Waals surface area contributed by atoms with Gasteiger partial charge >= 0.3 is 0 Å². The highest BCUT2D eigenvalue weighted by molar-refractivity contribution is 7.71.